The topological polar surface area (TPSA) is 66.4 Å². The van der Waals surface area contributed by atoms with Crippen molar-refractivity contribution < 1.29 is 14.7 Å². The molecule has 19 heavy (non-hydrogen) atoms. The molecule has 0 aliphatic heterocycles. The standard InChI is InChI=1S/C15H19NO3/c1-10-5-4-6-11(9-10)14(2,3)12(17)16-15(7-8-15)13(18)19/h4-6,9H,7-8H2,1-3H3,(H,16,17)(H,18,19). The third-order valence-electron chi connectivity index (χ3n) is 3.82. The quantitative estimate of drug-likeness (QED) is 0.871. The van der Waals surface area contributed by atoms with E-state index in [2.05, 4.69) is 5.32 Å². The highest BCUT2D eigenvalue weighted by Gasteiger charge is 2.53. The summed E-state index contributed by atoms with van der Waals surface area (Å²) in [6, 6.07) is 7.73. The minimum Gasteiger partial charge on any atom is -0.480 e. The first-order valence-electron chi connectivity index (χ1n) is 6.41. The van der Waals surface area contributed by atoms with Gasteiger partial charge in [-0.1, -0.05) is 29.8 Å². The van der Waals surface area contributed by atoms with Crippen molar-refractivity contribution in [2.45, 2.75) is 44.6 Å². The van der Waals surface area contributed by atoms with Gasteiger partial charge in [0.2, 0.25) is 5.91 Å². The first-order valence-corrected chi connectivity index (χ1v) is 6.41. The van der Waals surface area contributed by atoms with E-state index >= 15 is 0 Å². The van der Waals surface area contributed by atoms with Gasteiger partial charge in [-0.25, -0.2) is 4.79 Å². The van der Waals surface area contributed by atoms with Crippen LogP contribution >= 0.6 is 0 Å². The van der Waals surface area contributed by atoms with Crippen LogP contribution in [0.2, 0.25) is 0 Å². The largest absolute Gasteiger partial charge is 0.480 e. The molecule has 1 amide bonds. The Morgan fingerprint density at radius 1 is 1.32 bits per heavy atom. The van der Waals surface area contributed by atoms with Crippen LogP contribution in [0.3, 0.4) is 0 Å². The number of hydrogen-bond acceptors (Lipinski definition) is 2. The van der Waals surface area contributed by atoms with E-state index < -0.39 is 16.9 Å². The number of carboxylic acid groups (broad SMARTS) is 1. The molecule has 1 aliphatic carbocycles. The Hall–Kier alpha value is -1.84. The molecule has 0 atom stereocenters. The van der Waals surface area contributed by atoms with E-state index in [4.69, 9.17) is 5.11 Å². The lowest BCUT2D eigenvalue weighted by Crippen LogP contribution is -2.50. The summed E-state index contributed by atoms with van der Waals surface area (Å²) in [6.45, 7) is 5.60. The van der Waals surface area contributed by atoms with Gasteiger partial charge in [-0.05, 0) is 39.2 Å². The molecule has 0 heterocycles. The Morgan fingerprint density at radius 2 is 1.95 bits per heavy atom. The number of amides is 1. The van der Waals surface area contributed by atoms with E-state index in [1.807, 2.05) is 45.0 Å². The van der Waals surface area contributed by atoms with E-state index in [-0.39, 0.29) is 5.91 Å². The Labute approximate surface area is 112 Å². The van der Waals surface area contributed by atoms with Gasteiger partial charge < -0.3 is 10.4 Å². The number of rotatable bonds is 4. The number of benzene rings is 1. The van der Waals surface area contributed by atoms with Crippen molar-refractivity contribution in [3.05, 3.63) is 35.4 Å². The maximum absolute atomic E-state index is 12.4. The lowest BCUT2D eigenvalue weighted by molar-refractivity contribution is -0.143. The number of carbonyl (C=O) groups excluding carboxylic acids is 1. The van der Waals surface area contributed by atoms with Crippen molar-refractivity contribution in [1.29, 1.82) is 0 Å². The first kappa shape index (κ1) is 13.6. The van der Waals surface area contributed by atoms with E-state index in [9.17, 15) is 9.59 Å². The molecule has 0 radical (unpaired) electrons. The average Bonchev–Trinajstić information content (AvgIpc) is 3.10. The summed E-state index contributed by atoms with van der Waals surface area (Å²) in [5.74, 6) is -1.18. The molecule has 4 heteroatoms. The Bertz CT molecular complexity index is 530. The van der Waals surface area contributed by atoms with Gasteiger partial charge in [0, 0.05) is 0 Å². The fraction of sp³-hybridized carbons (Fsp3) is 0.467. The van der Waals surface area contributed by atoms with Crippen LogP contribution in [-0.2, 0) is 15.0 Å². The van der Waals surface area contributed by atoms with Gasteiger partial charge in [0.05, 0.1) is 5.41 Å². The predicted molar refractivity (Wildman–Crippen MR) is 71.9 cm³/mol. The van der Waals surface area contributed by atoms with E-state index in [0.717, 1.165) is 11.1 Å². The third kappa shape index (κ3) is 2.48. The first-order chi connectivity index (χ1) is 8.78. The van der Waals surface area contributed by atoms with Crippen molar-refractivity contribution in [2.75, 3.05) is 0 Å². The molecular formula is C15H19NO3. The molecule has 2 N–H and O–H groups in total. The fourth-order valence-electron chi connectivity index (χ4n) is 2.06. The molecule has 1 aromatic rings. The summed E-state index contributed by atoms with van der Waals surface area (Å²) in [7, 11) is 0. The monoisotopic (exact) mass is 261 g/mol. The second kappa shape index (κ2) is 4.37. The lowest BCUT2D eigenvalue weighted by Gasteiger charge is -2.26. The van der Waals surface area contributed by atoms with Crippen molar-refractivity contribution in [2.24, 2.45) is 0 Å². The van der Waals surface area contributed by atoms with E-state index in [0.29, 0.717) is 12.8 Å². The van der Waals surface area contributed by atoms with Crippen LogP contribution in [0, 0.1) is 6.92 Å². The lowest BCUT2D eigenvalue weighted by atomic mass is 9.82. The van der Waals surface area contributed by atoms with Gasteiger partial charge in [0.25, 0.3) is 0 Å². The smallest absolute Gasteiger partial charge is 0.329 e. The molecule has 102 valence electrons. The Morgan fingerprint density at radius 3 is 2.42 bits per heavy atom. The zero-order valence-electron chi connectivity index (χ0n) is 11.5. The van der Waals surface area contributed by atoms with Crippen LogP contribution in [-0.4, -0.2) is 22.5 Å². The van der Waals surface area contributed by atoms with Gasteiger partial charge in [-0.15, -0.1) is 0 Å². The highest BCUT2D eigenvalue weighted by molar-refractivity contribution is 5.94. The van der Waals surface area contributed by atoms with Crippen molar-refractivity contribution in [1.82, 2.24) is 5.32 Å². The normalized spacial score (nSPS) is 16.8. The Balaban J connectivity index is 2.20. The maximum Gasteiger partial charge on any atom is 0.329 e. The summed E-state index contributed by atoms with van der Waals surface area (Å²) in [6.07, 6.45) is 1.02. The molecule has 2 rings (SSSR count). The number of aliphatic carboxylic acids is 1. The van der Waals surface area contributed by atoms with Crippen LogP contribution in [0.4, 0.5) is 0 Å². The highest BCUT2D eigenvalue weighted by Crippen LogP contribution is 2.37. The maximum atomic E-state index is 12.4. The number of aryl methyl sites for hydroxylation is 1. The van der Waals surface area contributed by atoms with Crippen molar-refractivity contribution >= 4 is 11.9 Å². The van der Waals surface area contributed by atoms with Gasteiger partial charge >= 0.3 is 5.97 Å². The Kier molecular flexibility index (Phi) is 3.12. The molecule has 1 aliphatic rings. The van der Waals surface area contributed by atoms with Gasteiger partial charge in [-0.3, -0.25) is 4.79 Å². The number of carbonyl (C=O) groups is 2. The molecule has 4 nitrogen and oxygen atoms in total. The highest BCUT2D eigenvalue weighted by atomic mass is 16.4. The van der Waals surface area contributed by atoms with Gasteiger partial charge in [0.1, 0.15) is 5.54 Å². The summed E-state index contributed by atoms with van der Waals surface area (Å²) in [4.78, 5) is 23.5. The SMILES string of the molecule is Cc1cccc(C(C)(C)C(=O)NC2(C(=O)O)CC2)c1. The molecule has 1 fully saturated rings. The molecule has 1 aromatic carbocycles. The van der Waals surface area contributed by atoms with Crippen LogP contribution in [0.5, 0.6) is 0 Å². The molecule has 0 saturated heterocycles. The van der Waals surface area contributed by atoms with E-state index in [1.54, 1.807) is 0 Å². The number of nitrogens with one attached hydrogen (secondary N) is 1. The fourth-order valence-corrected chi connectivity index (χ4v) is 2.06. The number of carboxylic acids is 1. The minimum atomic E-state index is -1.03. The summed E-state index contributed by atoms with van der Waals surface area (Å²) in [5, 5.41) is 11.8. The zero-order chi connectivity index (χ0) is 14.3. The average molecular weight is 261 g/mol. The van der Waals surface area contributed by atoms with Crippen molar-refractivity contribution in [3.63, 3.8) is 0 Å². The summed E-state index contributed by atoms with van der Waals surface area (Å²) < 4.78 is 0. The molecule has 0 aromatic heterocycles. The predicted octanol–water partition coefficient (Wildman–Crippen LogP) is 2.01. The van der Waals surface area contributed by atoms with Crippen LogP contribution in [0.1, 0.15) is 37.8 Å². The minimum absolute atomic E-state index is 0.238. The van der Waals surface area contributed by atoms with E-state index in [1.165, 1.54) is 0 Å². The van der Waals surface area contributed by atoms with Gasteiger partial charge in [0.15, 0.2) is 0 Å². The van der Waals surface area contributed by atoms with Crippen molar-refractivity contribution in [3.8, 4) is 0 Å². The van der Waals surface area contributed by atoms with Crippen LogP contribution < -0.4 is 5.32 Å². The van der Waals surface area contributed by atoms with Crippen LogP contribution in [0.15, 0.2) is 24.3 Å². The zero-order valence-corrected chi connectivity index (χ0v) is 11.5. The summed E-state index contributed by atoms with van der Waals surface area (Å²) in [5.41, 5.74) is 0.207. The molecular weight excluding hydrogens is 242 g/mol. The molecule has 0 unspecified atom stereocenters. The number of hydrogen-bond donors (Lipinski definition) is 2. The molecule has 0 spiro atoms. The third-order valence-corrected chi connectivity index (χ3v) is 3.82. The van der Waals surface area contributed by atoms with Crippen LogP contribution in [0.25, 0.3) is 0 Å². The summed E-state index contributed by atoms with van der Waals surface area (Å²) >= 11 is 0. The van der Waals surface area contributed by atoms with Gasteiger partial charge in [-0.2, -0.15) is 0 Å². The second-order valence-electron chi connectivity index (χ2n) is 5.84. The molecule has 0 bridgehead atoms. The second-order valence-corrected chi connectivity index (χ2v) is 5.84. The molecule has 1 saturated carbocycles.